The highest BCUT2D eigenvalue weighted by Crippen LogP contribution is 2.22. The van der Waals surface area contributed by atoms with Crippen LogP contribution in [-0.4, -0.2) is 11.1 Å². The molecule has 1 aromatic rings. The molecule has 0 atom stereocenters. The predicted molar refractivity (Wildman–Crippen MR) is 45.9 cm³/mol. The average molecular weight is 204 g/mol. The van der Waals surface area contributed by atoms with Crippen LogP contribution >= 0.6 is 0 Å². The van der Waals surface area contributed by atoms with E-state index in [9.17, 15) is 4.79 Å². The molecule has 0 saturated carbocycles. The third-order valence-corrected chi connectivity index (χ3v) is 1.45. The van der Waals surface area contributed by atoms with Gasteiger partial charge in [-0.15, -0.1) is 10.5 Å². The van der Waals surface area contributed by atoms with Gasteiger partial charge in [-0.2, -0.15) is 0 Å². The molecule has 0 bridgehead atoms. The number of rotatable bonds is 3. The highest BCUT2D eigenvalue weighted by molar-refractivity contribution is 5.88. The quantitative estimate of drug-likeness (QED) is 0.739. The van der Waals surface area contributed by atoms with Gasteiger partial charge in [-0.3, -0.25) is 0 Å². The Kier molecular flexibility index (Phi) is 3.10. The van der Waals surface area contributed by atoms with Gasteiger partial charge in [0, 0.05) is 6.07 Å². The zero-order chi connectivity index (χ0) is 11.3. The lowest BCUT2D eigenvalue weighted by molar-refractivity contribution is 0.0696. The summed E-state index contributed by atoms with van der Waals surface area (Å²) in [5.74, 6) is -1.20. The third-order valence-electron chi connectivity index (χ3n) is 1.45. The second-order valence-corrected chi connectivity index (χ2v) is 2.38. The molecule has 74 valence electrons. The van der Waals surface area contributed by atoms with Gasteiger partial charge in [0.05, 0.1) is 5.56 Å². The number of nitriles is 2. The van der Waals surface area contributed by atoms with E-state index in [4.69, 9.17) is 15.6 Å². The van der Waals surface area contributed by atoms with Crippen molar-refractivity contribution in [1.29, 1.82) is 10.5 Å². The van der Waals surface area contributed by atoms with E-state index in [0.717, 1.165) is 12.1 Å². The van der Waals surface area contributed by atoms with Crippen molar-refractivity contribution in [1.82, 2.24) is 0 Å². The van der Waals surface area contributed by atoms with Crippen molar-refractivity contribution in [3.8, 4) is 24.0 Å². The minimum Gasteiger partial charge on any atom is -0.478 e. The number of carboxylic acid groups (broad SMARTS) is 1. The Hall–Kier alpha value is -2.73. The van der Waals surface area contributed by atoms with Gasteiger partial charge < -0.3 is 14.6 Å². The van der Waals surface area contributed by atoms with Crippen molar-refractivity contribution in [3.05, 3.63) is 23.8 Å². The first-order valence-electron chi connectivity index (χ1n) is 3.67. The van der Waals surface area contributed by atoms with Crippen LogP contribution in [0.25, 0.3) is 0 Å². The highest BCUT2D eigenvalue weighted by Gasteiger charge is 2.09. The molecule has 0 amide bonds. The Bertz CT molecular complexity index is 436. The van der Waals surface area contributed by atoms with Crippen molar-refractivity contribution in [2.45, 2.75) is 0 Å². The number of hydrogen-bond donors (Lipinski definition) is 1. The molecule has 0 saturated heterocycles. The van der Waals surface area contributed by atoms with Gasteiger partial charge in [-0.1, -0.05) is 0 Å². The molecule has 6 heteroatoms. The number of ether oxygens (including phenoxy) is 2. The van der Waals surface area contributed by atoms with Crippen molar-refractivity contribution in [2.24, 2.45) is 0 Å². The summed E-state index contributed by atoms with van der Waals surface area (Å²) in [5.41, 5.74) is -0.131. The number of benzene rings is 1. The lowest BCUT2D eigenvalue weighted by Crippen LogP contribution is -1.98. The standard InChI is InChI=1S/C9H4N2O4/c10-4-14-7-1-6(9(12)13)2-8(3-7)15-5-11/h1-3H,(H,12,13). The summed E-state index contributed by atoms with van der Waals surface area (Å²) in [6.45, 7) is 0. The fourth-order valence-corrected chi connectivity index (χ4v) is 0.918. The number of hydrogen-bond acceptors (Lipinski definition) is 5. The third kappa shape index (κ3) is 2.61. The average Bonchev–Trinajstić information content (AvgIpc) is 2.18. The van der Waals surface area contributed by atoms with Crippen molar-refractivity contribution >= 4 is 5.97 Å². The van der Waals surface area contributed by atoms with Crippen molar-refractivity contribution < 1.29 is 19.4 Å². The summed E-state index contributed by atoms with van der Waals surface area (Å²) in [7, 11) is 0. The number of carbonyl (C=O) groups is 1. The van der Waals surface area contributed by atoms with Crippen LogP contribution in [0.5, 0.6) is 11.5 Å². The van der Waals surface area contributed by atoms with Crippen LogP contribution in [0.1, 0.15) is 10.4 Å². The molecule has 0 aliphatic carbocycles. The molecular weight excluding hydrogens is 200 g/mol. The van der Waals surface area contributed by atoms with Crippen LogP contribution < -0.4 is 9.47 Å². The molecule has 1 N–H and O–H groups in total. The highest BCUT2D eigenvalue weighted by atomic mass is 16.5. The van der Waals surface area contributed by atoms with E-state index in [-0.39, 0.29) is 17.1 Å². The summed E-state index contributed by atoms with van der Waals surface area (Å²) in [6, 6.07) is 3.53. The van der Waals surface area contributed by atoms with Crippen molar-refractivity contribution in [2.75, 3.05) is 0 Å². The van der Waals surface area contributed by atoms with E-state index in [1.807, 2.05) is 0 Å². The van der Waals surface area contributed by atoms with E-state index < -0.39 is 5.97 Å². The predicted octanol–water partition coefficient (Wildman–Crippen LogP) is 1.10. The largest absolute Gasteiger partial charge is 0.478 e. The number of carboxylic acids is 1. The van der Waals surface area contributed by atoms with Gasteiger partial charge in [0.2, 0.25) is 0 Å². The van der Waals surface area contributed by atoms with Gasteiger partial charge in [-0.05, 0) is 12.1 Å². The minimum absolute atomic E-state index is 0.00245. The molecule has 6 nitrogen and oxygen atoms in total. The summed E-state index contributed by atoms with van der Waals surface area (Å²) >= 11 is 0. The van der Waals surface area contributed by atoms with Crippen molar-refractivity contribution in [3.63, 3.8) is 0 Å². The molecule has 0 aliphatic rings. The van der Waals surface area contributed by atoms with Gasteiger partial charge in [0.15, 0.2) is 0 Å². The molecule has 0 aromatic heterocycles. The number of aromatic carboxylic acids is 1. The van der Waals surface area contributed by atoms with Crippen LogP contribution in [0.3, 0.4) is 0 Å². The van der Waals surface area contributed by atoms with Gasteiger partial charge >= 0.3 is 5.97 Å². The fourth-order valence-electron chi connectivity index (χ4n) is 0.918. The first kappa shape index (κ1) is 10.4. The van der Waals surface area contributed by atoms with E-state index in [0.29, 0.717) is 0 Å². The first-order chi connectivity index (χ1) is 7.17. The Morgan fingerprint density at radius 3 is 1.93 bits per heavy atom. The SMILES string of the molecule is N#COc1cc(OC#N)cc(C(=O)O)c1. The van der Waals surface area contributed by atoms with Crippen LogP contribution in [0, 0.1) is 23.0 Å². The summed E-state index contributed by atoms with van der Waals surface area (Å²) < 4.78 is 8.87. The second kappa shape index (κ2) is 4.49. The maximum atomic E-state index is 10.6. The molecule has 1 aromatic carbocycles. The maximum Gasteiger partial charge on any atom is 0.335 e. The van der Waals surface area contributed by atoms with Crippen LogP contribution in [0.2, 0.25) is 0 Å². The minimum atomic E-state index is -1.21. The van der Waals surface area contributed by atoms with E-state index in [2.05, 4.69) is 9.47 Å². The molecule has 0 fully saturated rings. The molecule has 15 heavy (non-hydrogen) atoms. The fraction of sp³-hybridized carbons (Fsp3) is 0. The smallest absolute Gasteiger partial charge is 0.335 e. The van der Waals surface area contributed by atoms with Crippen LogP contribution in [-0.2, 0) is 0 Å². The molecule has 0 radical (unpaired) electrons. The number of nitrogens with zero attached hydrogens (tertiary/aromatic N) is 2. The summed E-state index contributed by atoms with van der Waals surface area (Å²) in [6.07, 6.45) is 2.78. The molecule has 0 heterocycles. The normalized spacial score (nSPS) is 8.40. The van der Waals surface area contributed by atoms with E-state index in [1.165, 1.54) is 18.6 Å². The van der Waals surface area contributed by atoms with E-state index in [1.54, 1.807) is 0 Å². The zero-order valence-corrected chi connectivity index (χ0v) is 7.30. The van der Waals surface area contributed by atoms with E-state index >= 15 is 0 Å². The molecule has 0 unspecified atom stereocenters. The van der Waals surface area contributed by atoms with Crippen LogP contribution in [0.15, 0.2) is 18.2 Å². The molecule has 0 spiro atoms. The Balaban J connectivity index is 3.16. The van der Waals surface area contributed by atoms with Gasteiger partial charge in [-0.25, -0.2) is 4.79 Å². The lowest BCUT2D eigenvalue weighted by atomic mass is 10.2. The molecule has 0 aliphatic heterocycles. The first-order valence-corrected chi connectivity index (χ1v) is 3.67. The summed E-state index contributed by atoms with van der Waals surface area (Å²) in [4.78, 5) is 10.6. The lowest BCUT2D eigenvalue weighted by Gasteiger charge is -2.01. The zero-order valence-electron chi connectivity index (χ0n) is 7.30. The molecular formula is C9H4N2O4. The van der Waals surface area contributed by atoms with Gasteiger partial charge in [0.1, 0.15) is 11.5 Å². The maximum absolute atomic E-state index is 10.6. The Morgan fingerprint density at radius 1 is 1.13 bits per heavy atom. The summed E-state index contributed by atoms with van der Waals surface area (Å²) in [5, 5.41) is 25.2. The van der Waals surface area contributed by atoms with Gasteiger partial charge in [0.25, 0.3) is 12.5 Å². The Morgan fingerprint density at radius 2 is 1.60 bits per heavy atom. The topological polar surface area (TPSA) is 103 Å². The monoisotopic (exact) mass is 204 g/mol. The molecule has 1 rings (SSSR count). The Labute approximate surface area is 84.5 Å². The van der Waals surface area contributed by atoms with Crippen LogP contribution in [0.4, 0.5) is 0 Å². The second-order valence-electron chi connectivity index (χ2n) is 2.38.